The van der Waals surface area contributed by atoms with E-state index < -0.39 is 6.03 Å². The van der Waals surface area contributed by atoms with E-state index in [2.05, 4.69) is 15.3 Å². The molecule has 1 fully saturated rings. The molecule has 1 aromatic rings. The van der Waals surface area contributed by atoms with E-state index in [1.165, 1.54) is 4.90 Å². The summed E-state index contributed by atoms with van der Waals surface area (Å²) in [5, 5.41) is 2.28. The maximum absolute atomic E-state index is 11.7. The number of carbonyl (C=O) groups excluding carboxylic acids is 2. The van der Waals surface area contributed by atoms with Crippen LogP contribution in [-0.4, -0.2) is 28.5 Å². The molecular formula is C15H14N4O2. The highest BCUT2D eigenvalue weighted by molar-refractivity contribution is 6.05. The van der Waals surface area contributed by atoms with Gasteiger partial charge in [-0.15, -0.1) is 0 Å². The number of nitrogens with zero attached hydrogens (tertiary/aromatic N) is 3. The zero-order valence-electron chi connectivity index (χ0n) is 11.3. The molecule has 21 heavy (non-hydrogen) atoms. The molecule has 1 N–H and O–H groups in total. The van der Waals surface area contributed by atoms with Crippen molar-refractivity contribution in [3.8, 4) is 0 Å². The van der Waals surface area contributed by atoms with Crippen molar-refractivity contribution in [3.05, 3.63) is 48.6 Å². The molecule has 0 aromatic carbocycles. The molecule has 3 rings (SSSR count). The molecule has 0 saturated carbocycles. The predicted octanol–water partition coefficient (Wildman–Crippen LogP) is 1.82. The zero-order chi connectivity index (χ0) is 14.7. The first kappa shape index (κ1) is 13.2. The molecule has 0 unspecified atom stereocenters. The highest BCUT2D eigenvalue weighted by Gasteiger charge is 2.24. The average molecular weight is 282 g/mol. The van der Waals surface area contributed by atoms with Crippen LogP contribution in [-0.2, 0) is 4.79 Å². The second kappa shape index (κ2) is 5.70. The van der Waals surface area contributed by atoms with Crippen LogP contribution in [0.5, 0.6) is 0 Å². The van der Waals surface area contributed by atoms with Gasteiger partial charge in [-0.05, 0) is 6.42 Å². The van der Waals surface area contributed by atoms with Gasteiger partial charge in [0.05, 0.1) is 18.1 Å². The molecule has 0 radical (unpaired) electrons. The van der Waals surface area contributed by atoms with Crippen molar-refractivity contribution in [1.29, 1.82) is 0 Å². The van der Waals surface area contributed by atoms with Gasteiger partial charge in [0.15, 0.2) is 5.82 Å². The van der Waals surface area contributed by atoms with Crippen molar-refractivity contribution < 1.29 is 9.59 Å². The number of rotatable bonds is 2. The van der Waals surface area contributed by atoms with Gasteiger partial charge >= 0.3 is 6.03 Å². The molecule has 2 heterocycles. The van der Waals surface area contributed by atoms with Crippen molar-refractivity contribution in [1.82, 2.24) is 15.3 Å². The van der Waals surface area contributed by atoms with Gasteiger partial charge in [0, 0.05) is 18.5 Å². The monoisotopic (exact) mass is 282 g/mol. The third-order valence-corrected chi connectivity index (χ3v) is 3.28. The summed E-state index contributed by atoms with van der Waals surface area (Å²) in [6.07, 6.45) is 14.2. The van der Waals surface area contributed by atoms with Crippen LogP contribution in [0.15, 0.2) is 42.8 Å². The predicted molar refractivity (Wildman–Crippen MR) is 78.4 cm³/mol. The Labute approximate surface area is 121 Å². The minimum Gasteiger partial charge on any atom is -0.291 e. The average Bonchev–Trinajstić information content (AvgIpc) is 2.77. The van der Waals surface area contributed by atoms with E-state index in [0.29, 0.717) is 18.1 Å². The number of allylic oxidation sites excluding steroid dienone is 6. The number of anilines is 1. The Balaban J connectivity index is 1.79. The van der Waals surface area contributed by atoms with Gasteiger partial charge in [-0.2, -0.15) is 0 Å². The van der Waals surface area contributed by atoms with Crippen LogP contribution in [0.1, 0.15) is 18.7 Å². The Kier molecular flexibility index (Phi) is 3.59. The zero-order valence-corrected chi connectivity index (χ0v) is 11.3. The second-order valence-corrected chi connectivity index (χ2v) is 4.73. The van der Waals surface area contributed by atoms with Crippen LogP contribution in [0.4, 0.5) is 10.5 Å². The minimum atomic E-state index is -0.429. The Hall–Kier alpha value is -2.76. The molecule has 2 aliphatic rings. The minimum absolute atomic E-state index is 0.254. The summed E-state index contributed by atoms with van der Waals surface area (Å²) in [6.45, 7) is 0.349. The summed E-state index contributed by atoms with van der Waals surface area (Å²) in [6, 6.07) is -0.429. The van der Waals surface area contributed by atoms with Crippen LogP contribution >= 0.6 is 0 Å². The third-order valence-electron chi connectivity index (χ3n) is 3.28. The lowest BCUT2D eigenvalue weighted by Crippen LogP contribution is -2.49. The number of nitrogens with one attached hydrogen (secondary N) is 1. The molecule has 106 valence electrons. The topological polar surface area (TPSA) is 75.2 Å². The van der Waals surface area contributed by atoms with E-state index in [4.69, 9.17) is 0 Å². The number of imide groups is 1. The number of amides is 3. The highest BCUT2D eigenvalue weighted by Crippen LogP contribution is 2.20. The molecule has 6 nitrogen and oxygen atoms in total. The van der Waals surface area contributed by atoms with Crippen molar-refractivity contribution >= 4 is 23.2 Å². The van der Waals surface area contributed by atoms with E-state index in [-0.39, 0.29) is 12.3 Å². The molecule has 0 bridgehead atoms. The summed E-state index contributed by atoms with van der Waals surface area (Å²) in [5.41, 5.74) is 1.61. The van der Waals surface area contributed by atoms with Crippen molar-refractivity contribution in [2.24, 2.45) is 0 Å². The Morgan fingerprint density at radius 3 is 2.67 bits per heavy atom. The van der Waals surface area contributed by atoms with Crippen molar-refractivity contribution in [2.45, 2.75) is 12.8 Å². The summed E-state index contributed by atoms with van der Waals surface area (Å²) in [7, 11) is 0. The first-order chi connectivity index (χ1) is 10.2. The van der Waals surface area contributed by atoms with E-state index in [1.807, 2.05) is 30.4 Å². The van der Waals surface area contributed by atoms with Gasteiger partial charge in [0.2, 0.25) is 5.91 Å². The largest absolute Gasteiger partial charge is 0.328 e. The van der Waals surface area contributed by atoms with Gasteiger partial charge in [0.25, 0.3) is 0 Å². The lowest BCUT2D eigenvalue weighted by molar-refractivity contribution is -0.120. The van der Waals surface area contributed by atoms with Gasteiger partial charge in [-0.1, -0.05) is 30.4 Å². The first-order valence-electron chi connectivity index (χ1n) is 6.70. The molecule has 0 spiro atoms. The quantitative estimate of drug-likeness (QED) is 0.897. The van der Waals surface area contributed by atoms with Crippen LogP contribution < -0.4 is 10.2 Å². The number of urea groups is 1. The second-order valence-electron chi connectivity index (χ2n) is 4.73. The van der Waals surface area contributed by atoms with Crippen LogP contribution in [0, 0.1) is 0 Å². The van der Waals surface area contributed by atoms with E-state index in [0.717, 1.165) is 12.0 Å². The lowest BCUT2D eigenvalue weighted by atomic mass is 10.1. The Bertz CT molecular complexity index is 659. The SMILES string of the molecule is O=C1CCN(c2cnc(C3=CC=CC=CC3)nc2)C(=O)N1. The van der Waals surface area contributed by atoms with Gasteiger partial charge in [0.1, 0.15) is 0 Å². The number of aromatic nitrogens is 2. The van der Waals surface area contributed by atoms with E-state index in [9.17, 15) is 9.59 Å². The summed E-state index contributed by atoms with van der Waals surface area (Å²) < 4.78 is 0. The fourth-order valence-electron chi connectivity index (χ4n) is 2.18. The molecular weight excluding hydrogens is 268 g/mol. The summed E-state index contributed by atoms with van der Waals surface area (Å²) >= 11 is 0. The van der Waals surface area contributed by atoms with Crippen LogP contribution in [0.25, 0.3) is 5.57 Å². The third kappa shape index (κ3) is 2.89. The maximum atomic E-state index is 11.7. The smallest absolute Gasteiger partial charge is 0.291 e. The molecule has 1 aliphatic carbocycles. The molecule has 1 aromatic heterocycles. The number of hydrogen-bond donors (Lipinski definition) is 1. The molecule has 6 heteroatoms. The normalized spacial score (nSPS) is 18.3. The molecule has 1 aliphatic heterocycles. The standard InChI is InChI=1S/C15H14N4O2/c20-13-7-8-19(15(21)18-13)12-9-16-14(17-10-12)11-5-3-1-2-4-6-11/h1-5,9-10H,6-8H2,(H,18,20,21). The van der Waals surface area contributed by atoms with Gasteiger partial charge in [-0.25, -0.2) is 14.8 Å². The Morgan fingerprint density at radius 2 is 1.90 bits per heavy atom. The highest BCUT2D eigenvalue weighted by atomic mass is 16.2. The Morgan fingerprint density at radius 1 is 1.10 bits per heavy atom. The van der Waals surface area contributed by atoms with Gasteiger partial charge < -0.3 is 0 Å². The number of carbonyl (C=O) groups is 2. The van der Waals surface area contributed by atoms with Gasteiger partial charge in [-0.3, -0.25) is 15.0 Å². The van der Waals surface area contributed by atoms with Crippen LogP contribution in [0.3, 0.4) is 0 Å². The van der Waals surface area contributed by atoms with Crippen LogP contribution in [0.2, 0.25) is 0 Å². The number of hydrogen-bond acceptors (Lipinski definition) is 4. The summed E-state index contributed by atoms with van der Waals surface area (Å²) in [4.78, 5) is 33.0. The summed E-state index contributed by atoms with van der Waals surface area (Å²) in [5.74, 6) is 0.388. The van der Waals surface area contributed by atoms with Crippen molar-refractivity contribution in [2.75, 3.05) is 11.4 Å². The van der Waals surface area contributed by atoms with E-state index >= 15 is 0 Å². The molecule has 0 atom stereocenters. The molecule has 3 amide bonds. The van der Waals surface area contributed by atoms with Crippen molar-refractivity contribution in [3.63, 3.8) is 0 Å². The lowest BCUT2D eigenvalue weighted by Gasteiger charge is -2.25. The van der Waals surface area contributed by atoms with E-state index in [1.54, 1.807) is 12.4 Å². The first-order valence-corrected chi connectivity index (χ1v) is 6.70. The fraction of sp³-hybridized carbons (Fsp3) is 0.200. The molecule has 1 saturated heterocycles. The fourth-order valence-corrected chi connectivity index (χ4v) is 2.18. The maximum Gasteiger partial charge on any atom is 0.328 e.